The molecule has 7 heteroatoms. The Morgan fingerprint density at radius 2 is 2.37 bits per heavy atom. The number of carboxylic acids is 1. The molecule has 0 atom stereocenters. The van der Waals surface area contributed by atoms with Gasteiger partial charge in [-0.25, -0.2) is 9.97 Å². The van der Waals surface area contributed by atoms with E-state index in [1.165, 1.54) is 23.1 Å². The zero-order chi connectivity index (χ0) is 13.2. The number of thiazole rings is 1. The largest absolute Gasteiger partial charge is 0.481 e. The van der Waals surface area contributed by atoms with Crippen LogP contribution in [0.1, 0.15) is 5.69 Å². The molecule has 3 rings (SSSR count). The molecule has 0 unspecified atom stereocenters. The molecule has 3 aromatic rings. The van der Waals surface area contributed by atoms with Gasteiger partial charge in [0.25, 0.3) is 0 Å². The molecule has 0 aliphatic carbocycles. The first-order valence-electron chi connectivity index (χ1n) is 5.38. The van der Waals surface area contributed by atoms with E-state index in [9.17, 15) is 4.79 Å². The highest BCUT2D eigenvalue weighted by atomic mass is 32.2. The number of rotatable bonds is 4. The third kappa shape index (κ3) is 2.61. The van der Waals surface area contributed by atoms with Gasteiger partial charge in [0.1, 0.15) is 10.6 Å². The second kappa shape index (κ2) is 5.02. The molecular formula is C12H8N2O3S2. The van der Waals surface area contributed by atoms with Crippen LogP contribution in [-0.4, -0.2) is 21.0 Å². The van der Waals surface area contributed by atoms with Crippen LogP contribution in [-0.2, 0) is 11.2 Å². The Balaban J connectivity index is 1.86. The second-order valence-electron chi connectivity index (χ2n) is 3.73. The number of hydrogen-bond donors (Lipinski definition) is 1. The molecule has 3 heterocycles. The van der Waals surface area contributed by atoms with E-state index in [1.54, 1.807) is 23.9 Å². The van der Waals surface area contributed by atoms with Crippen molar-refractivity contribution in [2.45, 2.75) is 15.8 Å². The average Bonchev–Trinajstić information content (AvgIpc) is 2.98. The van der Waals surface area contributed by atoms with Crippen LogP contribution in [0.5, 0.6) is 0 Å². The van der Waals surface area contributed by atoms with Crippen LogP contribution in [0.25, 0.3) is 11.0 Å². The molecular weight excluding hydrogens is 284 g/mol. The highest BCUT2D eigenvalue weighted by molar-refractivity contribution is 8.01. The summed E-state index contributed by atoms with van der Waals surface area (Å²) in [5.41, 5.74) is 1.35. The summed E-state index contributed by atoms with van der Waals surface area (Å²) >= 11 is 2.83. The van der Waals surface area contributed by atoms with Crippen LogP contribution in [0.2, 0.25) is 0 Å². The predicted molar refractivity (Wildman–Crippen MR) is 71.6 cm³/mol. The highest BCUT2D eigenvalue weighted by Crippen LogP contribution is 2.33. The van der Waals surface area contributed by atoms with E-state index in [2.05, 4.69) is 9.97 Å². The molecule has 0 radical (unpaired) electrons. The van der Waals surface area contributed by atoms with Crippen LogP contribution in [0.3, 0.4) is 0 Å². The lowest BCUT2D eigenvalue weighted by molar-refractivity contribution is -0.136. The Labute approximate surface area is 116 Å². The summed E-state index contributed by atoms with van der Waals surface area (Å²) < 4.78 is 6.08. The Bertz CT molecular complexity index is 735. The zero-order valence-corrected chi connectivity index (χ0v) is 11.2. The zero-order valence-electron chi connectivity index (χ0n) is 9.57. The highest BCUT2D eigenvalue weighted by Gasteiger charge is 2.11. The van der Waals surface area contributed by atoms with Gasteiger partial charge in [0.2, 0.25) is 0 Å². The van der Waals surface area contributed by atoms with Gasteiger partial charge in [-0.1, -0.05) is 0 Å². The molecule has 5 nitrogen and oxygen atoms in total. The molecule has 0 aliphatic heterocycles. The van der Waals surface area contributed by atoms with Crippen molar-refractivity contribution in [3.8, 4) is 0 Å². The molecule has 3 aromatic heterocycles. The van der Waals surface area contributed by atoms with E-state index in [-0.39, 0.29) is 6.42 Å². The van der Waals surface area contributed by atoms with E-state index >= 15 is 0 Å². The smallest absolute Gasteiger partial charge is 0.309 e. The van der Waals surface area contributed by atoms with Gasteiger partial charge >= 0.3 is 5.97 Å². The fourth-order valence-corrected chi connectivity index (χ4v) is 3.44. The van der Waals surface area contributed by atoms with Crippen molar-refractivity contribution in [2.24, 2.45) is 0 Å². The van der Waals surface area contributed by atoms with Gasteiger partial charge in [-0.05, 0) is 23.9 Å². The Morgan fingerprint density at radius 3 is 3.21 bits per heavy atom. The maximum atomic E-state index is 10.6. The van der Waals surface area contributed by atoms with Crippen molar-refractivity contribution in [1.29, 1.82) is 0 Å². The molecule has 0 saturated carbocycles. The number of pyridine rings is 1. The Morgan fingerprint density at radius 1 is 1.47 bits per heavy atom. The standard InChI is InChI=1S/C12H8N2O3S2/c15-10(16)5-7-6-18-12(14-7)19-11-8-2-4-17-9(8)1-3-13-11/h1-4,6H,5H2,(H,15,16). The molecule has 96 valence electrons. The lowest BCUT2D eigenvalue weighted by Gasteiger charge is -1.97. The normalized spacial score (nSPS) is 10.9. The molecule has 0 fully saturated rings. The number of furan rings is 1. The summed E-state index contributed by atoms with van der Waals surface area (Å²) in [5, 5.41) is 12.2. The summed E-state index contributed by atoms with van der Waals surface area (Å²) in [4.78, 5) is 19.2. The first-order valence-corrected chi connectivity index (χ1v) is 7.08. The summed E-state index contributed by atoms with van der Waals surface area (Å²) in [6, 6.07) is 3.66. The molecule has 19 heavy (non-hydrogen) atoms. The number of nitrogens with zero attached hydrogens (tertiary/aromatic N) is 2. The Hall–Kier alpha value is -1.86. The van der Waals surface area contributed by atoms with E-state index in [4.69, 9.17) is 9.52 Å². The fraction of sp³-hybridized carbons (Fsp3) is 0.0833. The molecule has 0 aromatic carbocycles. The van der Waals surface area contributed by atoms with Crippen LogP contribution in [0.4, 0.5) is 0 Å². The van der Waals surface area contributed by atoms with Gasteiger partial charge in [0.15, 0.2) is 4.34 Å². The van der Waals surface area contributed by atoms with Crippen molar-refractivity contribution in [2.75, 3.05) is 0 Å². The third-order valence-electron chi connectivity index (χ3n) is 2.39. The average molecular weight is 292 g/mol. The van der Waals surface area contributed by atoms with Crippen molar-refractivity contribution >= 4 is 40.0 Å². The number of carboxylic acid groups (broad SMARTS) is 1. The minimum atomic E-state index is -0.878. The lowest BCUT2D eigenvalue weighted by Crippen LogP contribution is -1.99. The minimum Gasteiger partial charge on any atom is -0.481 e. The van der Waals surface area contributed by atoms with Gasteiger partial charge < -0.3 is 9.52 Å². The van der Waals surface area contributed by atoms with E-state index in [0.29, 0.717) is 5.69 Å². The summed E-state index contributed by atoms with van der Waals surface area (Å²) in [5.74, 6) is -0.878. The second-order valence-corrected chi connectivity index (χ2v) is 5.82. The van der Waals surface area contributed by atoms with Gasteiger partial charge in [-0.3, -0.25) is 4.79 Å². The van der Waals surface area contributed by atoms with Crippen LogP contribution in [0, 0.1) is 0 Å². The number of aliphatic carboxylic acids is 1. The number of fused-ring (bicyclic) bond motifs is 1. The Kier molecular flexibility index (Phi) is 3.22. The van der Waals surface area contributed by atoms with Crippen molar-refractivity contribution in [3.63, 3.8) is 0 Å². The quantitative estimate of drug-likeness (QED) is 0.796. The van der Waals surface area contributed by atoms with Crippen LogP contribution >= 0.6 is 23.1 Å². The summed E-state index contributed by atoms with van der Waals surface area (Å²) in [6.07, 6.45) is 3.24. The molecule has 0 spiro atoms. The van der Waals surface area contributed by atoms with Crippen molar-refractivity contribution in [3.05, 3.63) is 35.7 Å². The van der Waals surface area contributed by atoms with Crippen molar-refractivity contribution < 1.29 is 14.3 Å². The lowest BCUT2D eigenvalue weighted by atomic mass is 10.3. The maximum Gasteiger partial charge on any atom is 0.309 e. The first-order chi connectivity index (χ1) is 9.22. The third-order valence-corrected chi connectivity index (χ3v) is 4.40. The van der Waals surface area contributed by atoms with Crippen LogP contribution < -0.4 is 0 Å². The molecule has 0 saturated heterocycles. The molecule has 0 aliphatic rings. The van der Waals surface area contributed by atoms with E-state index in [1.807, 2.05) is 6.07 Å². The van der Waals surface area contributed by atoms with Gasteiger partial charge in [0.05, 0.1) is 23.8 Å². The first kappa shape index (κ1) is 12.2. The molecule has 0 amide bonds. The van der Waals surface area contributed by atoms with E-state index < -0.39 is 5.97 Å². The number of aromatic nitrogens is 2. The van der Waals surface area contributed by atoms with Crippen molar-refractivity contribution in [1.82, 2.24) is 9.97 Å². The molecule has 0 bridgehead atoms. The van der Waals surface area contributed by atoms with Gasteiger partial charge in [-0.2, -0.15) is 0 Å². The SMILES string of the molecule is O=C(O)Cc1csc(Sc2nccc3occc23)n1. The van der Waals surface area contributed by atoms with Gasteiger partial charge in [0, 0.05) is 11.6 Å². The maximum absolute atomic E-state index is 10.6. The molecule has 1 N–H and O–H groups in total. The predicted octanol–water partition coefficient (Wildman–Crippen LogP) is 3.06. The number of hydrogen-bond acceptors (Lipinski definition) is 6. The monoisotopic (exact) mass is 292 g/mol. The van der Waals surface area contributed by atoms with E-state index in [0.717, 1.165) is 20.3 Å². The summed E-state index contributed by atoms with van der Waals surface area (Å²) in [6.45, 7) is 0. The van der Waals surface area contributed by atoms with Gasteiger partial charge in [-0.15, -0.1) is 11.3 Å². The summed E-state index contributed by atoms with van der Waals surface area (Å²) in [7, 11) is 0. The fourth-order valence-electron chi connectivity index (χ4n) is 1.60. The number of carbonyl (C=O) groups is 1. The topological polar surface area (TPSA) is 76.2 Å². The van der Waals surface area contributed by atoms with Crippen LogP contribution in [0.15, 0.2) is 43.8 Å². The minimum absolute atomic E-state index is 0.0552.